The monoisotopic (exact) mass is 158 g/mol. The van der Waals surface area contributed by atoms with E-state index in [1.54, 1.807) is 0 Å². The fourth-order valence-electron chi connectivity index (χ4n) is 0.880. The van der Waals surface area contributed by atoms with Crippen molar-refractivity contribution < 1.29 is 4.43 Å². The van der Waals surface area contributed by atoms with Crippen molar-refractivity contribution in [3.05, 3.63) is 0 Å². The second-order valence-electron chi connectivity index (χ2n) is 2.47. The van der Waals surface area contributed by atoms with Crippen molar-refractivity contribution in [2.24, 2.45) is 0 Å². The van der Waals surface area contributed by atoms with Crippen LogP contribution in [0.1, 0.15) is 39.0 Å². The quantitative estimate of drug-likeness (QED) is 0.409. The van der Waals surface area contributed by atoms with E-state index in [1.807, 2.05) is 0 Å². The van der Waals surface area contributed by atoms with Crippen molar-refractivity contribution in [2.75, 3.05) is 6.61 Å². The minimum atomic E-state index is 0.670. The van der Waals surface area contributed by atoms with Gasteiger partial charge in [-0.3, -0.25) is 0 Å². The molecule has 0 atom stereocenters. The zero-order valence-corrected chi connectivity index (χ0v) is 8.15. The van der Waals surface area contributed by atoms with Crippen LogP contribution in [0.5, 0.6) is 0 Å². The van der Waals surface area contributed by atoms with Crippen LogP contribution in [0.25, 0.3) is 0 Å². The SMILES string of the molecule is CCCCCCCO[Si]C. The van der Waals surface area contributed by atoms with Gasteiger partial charge in [0.15, 0.2) is 0 Å². The number of rotatable bonds is 7. The van der Waals surface area contributed by atoms with Gasteiger partial charge in [-0.2, -0.15) is 0 Å². The zero-order chi connectivity index (χ0) is 7.66. The van der Waals surface area contributed by atoms with Crippen molar-refractivity contribution in [3.63, 3.8) is 0 Å². The number of hydrogen-bond donors (Lipinski definition) is 0. The van der Waals surface area contributed by atoms with Crippen molar-refractivity contribution in [3.8, 4) is 0 Å². The Hall–Kier alpha value is 0.177. The van der Waals surface area contributed by atoms with Gasteiger partial charge in [-0.25, -0.2) is 0 Å². The minimum absolute atomic E-state index is 0.670. The van der Waals surface area contributed by atoms with E-state index in [0.717, 1.165) is 6.61 Å². The van der Waals surface area contributed by atoms with Gasteiger partial charge < -0.3 is 4.43 Å². The highest BCUT2D eigenvalue weighted by Gasteiger charge is 1.87. The predicted molar refractivity (Wildman–Crippen MR) is 46.3 cm³/mol. The van der Waals surface area contributed by atoms with Gasteiger partial charge in [-0.1, -0.05) is 32.6 Å². The van der Waals surface area contributed by atoms with Crippen LogP contribution in [0, 0.1) is 0 Å². The molecule has 0 bridgehead atoms. The molecule has 0 N–H and O–H groups in total. The summed E-state index contributed by atoms with van der Waals surface area (Å²) in [5.74, 6) is 0. The Morgan fingerprint density at radius 2 is 1.80 bits per heavy atom. The average Bonchev–Trinajstić information content (AvgIpc) is 1.97. The summed E-state index contributed by atoms with van der Waals surface area (Å²) in [5, 5.41) is 0. The third-order valence-corrected chi connectivity index (χ3v) is 1.99. The summed E-state index contributed by atoms with van der Waals surface area (Å²) < 4.78 is 5.24. The number of unbranched alkanes of at least 4 members (excludes halogenated alkanes) is 4. The van der Waals surface area contributed by atoms with E-state index < -0.39 is 0 Å². The second kappa shape index (κ2) is 9.18. The molecule has 0 aliphatic heterocycles. The highest BCUT2D eigenvalue weighted by molar-refractivity contribution is 6.24. The molecule has 60 valence electrons. The smallest absolute Gasteiger partial charge is 0.226 e. The summed E-state index contributed by atoms with van der Waals surface area (Å²) in [4.78, 5) is 0. The summed E-state index contributed by atoms with van der Waals surface area (Å²) in [6, 6.07) is 0. The summed E-state index contributed by atoms with van der Waals surface area (Å²) in [6.45, 7) is 5.29. The second-order valence-corrected chi connectivity index (χ2v) is 3.16. The van der Waals surface area contributed by atoms with Gasteiger partial charge in [0.05, 0.1) is 0 Å². The van der Waals surface area contributed by atoms with E-state index in [-0.39, 0.29) is 0 Å². The Morgan fingerprint density at radius 3 is 2.40 bits per heavy atom. The molecule has 0 saturated heterocycles. The molecule has 2 radical (unpaired) electrons. The van der Waals surface area contributed by atoms with E-state index in [1.165, 1.54) is 32.1 Å². The molecule has 0 aliphatic rings. The van der Waals surface area contributed by atoms with E-state index in [9.17, 15) is 0 Å². The third-order valence-electron chi connectivity index (χ3n) is 1.49. The Morgan fingerprint density at radius 1 is 1.10 bits per heavy atom. The van der Waals surface area contributed by atoms with Gasteiger partial charge >= 0.3 is 0 Å². The van der Waals surface area contributed by atoms with Gasteiger partial charge in [0.25, 0.3) is 0 Å². The first-order valence-electron chi connectivity index (χ1n) is 4.20. The highest BCUT2D eigenvalue weighted by Crippen LogP contribution is 2.01. The van der Waals surface area contributed by atoms with Crippen LogP contribution in [-0.2, 0) is 4.43 Å². The molecule has 0 amide bonds. The molecule has 0 heterocycles. The topological polar surface area (TPSA) is 9.23 Å². The minimum Gasteiger partial charge on any atom is -0.418 e. The van der Waals surface area contributed by atoms with Gasteiger partial charge in [0.2, 0.25) is 9.76 Å². The summed E-state index contributed by atoms with van der Waals surface area (Å²) in [6.07, 6.45) is 6.69. The Bertz CT molecular complexity index is 49.2. The Kier molecular flexibility index (Phi) is 9.34. The lowest BCUT2D eigenvalue weighted by Crippen LogP contribution is -1.95. The van der Waals surface area contributed by atoms with E-state index in [2.05, 4.69) is 13.5 Å². The molecule has 0 aromatic heterocycles. The van der Waals surface area contributed by atoms with Crippen molar-refractivity contribution in [1.82, 2.24) is 0 Å². The van der Waals surface area contributed by atoms with Crippen molar-refractivity contribution >= 4 is 9.76 Å². The van der Waals surface area contributed by atoms with Crippen molar-refractivity contribution in [2.45, 2.75) is 45.6 Å². The van der Waals surface area contributed by atoms with Crippen LogP contribution in [0.2, 0.25) is 6.55 Å². The lowest BCUT2D eigenvalue weighted by atomic mass is 10.2. The van der Waals surface area contributed by atoms with Crippen LogP contribution in [0.4, 0.5) is 0 Å². The maximum atomic E-state index is 5.24. The molecule has 0 unspecified atom stereocenters. The van der Waals surface area contributed by atoms with E-state index >= 15 is 0 Å². The maximum Gasteiger partial charge on any atom is 0.226 e. The molecule has 10 heavy (non-hydrogen) atoms. The Labute approximate surface area is 67.1 Å². The number of hydrogen-bond acceptors (Lipinski definition) is 1. The molecular weight excluding hydrogens is 140 g/mol. The fourth-order valence-corrected chi connectivity index (χ4v) is 1.23. The lowest BCUT2D eigenvalue weighted by molar-refractivity contribution is 0.323. The molecule has 0 aromatic carbocycles. The van der Waals surface area contributed by atoms with Gasteiger partial charge in [0, 0.05) is 6.61 Å². The maximum absolute atomic E-state index is 5.24. The predicted octanol–water partition coefficient (Wildman–Crippen LogP) is 2.64. The van der Waals surface area contributed by atoms with Crippen LogP contribution < -0.4 is 0 Å². The molecular formula is C8H18OSi. The van der Waals surface area contributed by atoms with Gasteiger partial charge in [-0.05, 0) is 13.0 Å². The Balaban J connectivity index is 2.65. The van der Waals surface area contributed by atoms with Crippen LogP contribution >= 0.6 is 0 Å². The first-order valence-corrected chi connectivity index (χ1v) is 5.61. The lowest BCUT2D eigenvalue weighted by Gasteiger charge is -1.99. The van der Waals surface area contributed by atoms with Crippen LogP contribution in [0.15, 0.2) is 0 Å². The first kappa shape index (κ1) is 10.2. The molecule has 0 aromatic rings. The normalized spacial score (nSPS) is 10.2. The molecule has 0 saturated carbocycles. The zero-order valence-electron chi connectivity index (χ0n) is 7.15. The van der Waals surface area contributed by atoms with E-state index in [4.69, 9.17) is 4.43 Å². The average molecular weight is 158 g/mol. The fraction of sp³-hybridized carbons (Fsp3) is 1.00. The van der Waals surface area contributed by atoms with Gasteiger partial charge in [0.1, 0.15) is 0 Å². The molecule has 0 rings (SSSR count). The van der Waals surface area contributed by atoms with Gasteiger partial charge in [-0.15, -0.1) is 0 Å². The molecule has 1 nitrogen and oxygen atoms in total. The molecule has 0 spiro atoms. The highest BCUT2D eigenvalue weighted by atomic mass is 28.2. The molecule has 0 fully saturated rings. The molecule has 0 aliphatic carbocycles. The first-order chi connectivity index (χ1) is 4.91. The van der Waals surface area contributed by atoms with Crippen LogP contribution in [-0.4, -0.2) is 16.4 Å². The summed E-state index contributed by atoms with van der Waals surface area (Å²) in [7, 11) is 0.670. The largest absolute Gasteiger partial charge is 0.418 e. The summed E-state index contributed by atoms with van der Waals surface area (Å²) >= 11 is 0. The summed E-state index contributed by atoms with van der Waals surface area (Å²) in [5.41, 5.74) is 0. The molecule has 2 heteroatoms. The standard InChI is InChI=1S/C8H18OSi/c1-3-4-5-6-7-8-9-10-2/h3-8H2,1-2H3. The van der Waals surface area contributed by atoms with E-state index in [0.29, 0.717) is 9.76 Å². The van der Waals surface area contributed by atoms with Crippen molar-refractivity contribution in [1.29, 1.82) is 0 Å². The third kappa shape index (κ3) is 8.18. The van der Waals surface area contributed by atoms with Crippen LogP contribution in [0.3, 0.4) is 0 Å².